The summed E-state index contributed by atoms with van der Waals surface area (Å²) in [7, 11) is -1.73. The zero-order valence-electron chi connectivity index (χ0n) is 11.8. The molecule has 0 heterocycles. The first-order valence-corrected chi connectivity index (χ1v) is 8.72. The average molecular weight is 294 g/mol. The summed E-state index contributed by atoms with van der Waals surface area (Å²) in [5.41, 5.74) is 6.17. The summed E-state index contributed by atoms with van der Waals surface area (Å²) in [4.78, 5) is 0.295. The molecule has 110 valence electrons. The normalized spacial score (nSPS) is 29.2. The van der Waals surface area contributed by atoms with E-state index < -0.39 is 10.0 Å². The number of anilines is 1. The van der Waals surface area contributed by atoms with Crippen molar-refractivity contribution in [3.05, 3.63) is 24.3 Å². The molecule has 0 aliphatic heterocycles. The van der Waals surface area contributed by atoms with Crippen LogP contribution in [-0.2, 0) is 10.0 Å². The Kier molecular flexibility index (Phi) is 3.50. The minimum Gasteiger partial charge on any atom is -0.399 e. The van der Waals surface area contributed by atoms with Crippen molar-refractivity contribution >= 4 is 15.7 Å². The first kappa shape index (κ1) is 13.9. The topological polar surface area (TPSA) is 63.4 Å². The van der Waals surface area contributed by atoms with Crippen molar-refractivity contribution in [1.29, 1.82) is 0 Å². The number of sulfonamides is 1. The van der Waals surface area contributed by atoms with Gasteiger partial charge in [-0.15, -0.1) is 0 Å². The second kappa shape index (κ2) is 5.04. The molecule has 5 heteroatoms. The zero-order valence-corrected chi connectivity index (χ0v) is 12.6. The van der Waals surface area contributed by atoms with Gasteiger partial charge in [-0.25, -0.2) is 12.7 Å². The molecule has 20 heavy (non-hydrogen) atoms. The van der Waals surface area contributed by atoms with Gasteiger partial charge in [-0.1, -0.05) is 12.5 Å². The Morgan fingerprint density at radius 2 is 2.10 bits per heavy atom. The molecule has 0 amide bonds. The quantitative estimate of drug-likeness (QED) is 0.867. The third-order valence-corrected chi connectivity index (χ3v) is 6.76. The van der Waals surface area contributed by atoms with Gasteiger partial charge in [0.1, 0.15) is 0 Å². The van der Waals surface area contributed by atoms with E-state index in [0.717, 1.165) is 11.8 Å². The first-order valence-electron chi connectivity index (χ1n) is 7.28. The van der Waals surface area contributed by atoms with Gasteiger partial charge in [0.05, 0.1) is 4.90 Å². The van der Waals surface area contributed by atoms with Gasteiger partial charge in [-0.3, -0.25) is 0 Å². The van der Waals surface area contributed by atoms with Gasteiger partial charge in [0.25, 0.3) is 0 Å². The van der Waals surface area contributed by atoms with E-state index in [2.05, 4.69) is 0 Å². The van der Waals surface area contributed by atoms with Crippen LogP contribution in [0.15, 0.2) is 29.2 Å². The fourth-order valence-corrected chi connectivity index (χ4v) is 5.17. The molecule has 2 bridgehead atoms. The van der Waals surface area contributed by atoms with Crippen molar-refractivity contribution in [2.75, 3.05) is 19.3 Å². The Morgan fingerprint density at radius 1 is 1.30 bits per heavy atom. The molecular weight excluding hydrogens is 272 g/mol. The molecule has 4 nitrogen and oxygen atoms in total. The van der Waals surface area contributed by atoms with E-state index in [-0.39, 0.29) is 0 Å². The SMILES string of the molecule is CN(CC1CC2CCC1C2)S(=O)(=O)c1cccc(N)c1. The summed E-state index contributed by atoms with van der Waals surface area (Å²) >= 11 is 0. The van der Waals surface area contributed by atoms with Crippen molar-refractivity contribution in [2.24, 2.45) is 17.8 Å². The summed E-state index contributed by atoms with van der Waals surface area (Å²) < 4.78 is 26.6. The summed E-state index contributed by atoms with van der Waals surface area (Å²) in [6.45, 7) is 0.637. The smallest absolute Gasteiger partial charge is 0.242 e. The van der Waals surface area contributed by atoms with Crippen LogP contribution in [0.5, 0.6) is 0 Å². The predicted molar refractivity (Wildman–Crippen MR) is 79.6 cm³/mol. The lowest BCUT2D eigenvalue weighted by Crippen LogP contribution is -2.33. The molecule has 2 aliphatic carbocycles. The Balaban J connectivity index is 1.74. The minimum atomic E-state index is -3.41. The van der Waals surface area contributed by atoms with E-state index in [1.54, 1.807) is 25.2 Å². The highest BCUT2D eigenvalue weighted by Crippen LogP contribution is 2.48. The van der Waals surface area contributed by atoms with Crippen LogP contribution in [0.2, 0.25) is 0 Å². The Morgan fingerprint density at radius 3 is 2.70 bits per heavy atom. The van der Waals surface area contributed by atoms with Crippen molar-refractivity contribution < 1.29 is 8.42 Å². The number of hydrogen-bond acceptors (Lipinski definition) is 3. The van der Waals surface area contributed by atoms with Gasteiger partial charge in [0.2, 0.25) is 10.0 Å². The highest BCUT2D eigenvalue weighted by molar-refractivity contribution is 7.89. The molecule has 0 spiro atoms. The Labute approximate surface area is 121 Å². The van der Waals surface area contributed by atoms with Gasteiger partial charge in [-0.2, -0.15) is 0 Å². The van der Waals surface area contributed by atoms with Crippen LogP contribution in [0.25, 0.3) is 0 Å². The number of nitrogens with zero attached hydrogens (tertiary/aromatic N) is 1. The van der Waals surface area contributed by atoms with Crippen molar-refractivity contribution in [2.45, 2.75) is 30.6 Å². The van der Waals surface area contributed by atoms with E-state index in [1.165, 1.54) is 36.1 Å². The second-order valence-electron chi connectivity index (χ2n) is 6.29. The molecule has 0 saturated heterocycles. The van der Waals surface area contributed by atoms with E-state index in [4.69, 9.17) is 5.73 Å². The van der Waals surface area contributed by atoms with E-state index in [9.17, 15) is 8.42 Å². The molecule has 2 fully saturated rings. The van der Waals surface area contributed by atoms with Crippen molar-refractivity contribution in [3.8, 4) is 0 Å². The van der Waals surface area contributed by atoms with E-state index in [1.807, 2.05) is 0 Å². The molecule has 2 N–H and O–H groups in total. The highest BCUT2D eigenvalue weighted by atomic mass is 32.2. The second-order valence-corrected chi connectivity index (χ2v) is 8.34. The predicted octanol–water partition coefficient (Wildman–Crippen LogP) is 2.33. The molecule has 3 rings (SSSR count). The van der Waals surface area contributed by atoms with Crippen LogP contribution in [-0.4, -0.2) is 26.3 Å². The molecule has 2 saturated carbocycles. The molecular formula is C15H22N2O2S. The molecule has 1 aromatic rings. The maximum atomic E-state index is 12.5. The maximum Gasteiger partial charge on any atom is 0.242 e. The highest BCUT2D eigenvalue weighted by Gasteiger charge is 2.40. The van der Waals surface area contributed by atoms with Gasteiger partial charge in [-0.05, 0) is 55.2 Å². The van der Waals surface area contributed by atoms with Gasteiger partial charge in [0.15, 0.2) is 0 Å². The molecule has 0 aromatic heterocycles. The Hall–Kier alpha value is -1.07. The molecule has 2 aliphatic rings. The number of rotatable bonds is 4. The number of fused-ring (bicyclic) bond motifs is 2. The largest absolute Gasteiger partial charge is 0.399 e. The van der Waals surface area contributed by atoms with Crippen LogP contribution in [0.3, 0.4) is 0 Å². The van der Waals surface area contributed by atoms with E-state index >= 15 is 0 Å². The van der Waals surface area contributed by atoms with Crippen LogP contribution in [0, 0.1) is 17.8 Å². The van der Waals surface area contributed by atoms with Crippen molar-refractivity contribution in [3.63, 3.8) is 0 Å². The zero-order chi connectivity index (χ0) is 14.3. The summed E-state index contributed by atoms with van der Waals surface area (Å²) in [5.74, 6) is 2.11. The first-order chi connectivity index (χ1) is 9.46. The third kappa shape index (κ3) is 2.44. The molecule has 0 radical (unpaired) electrons. The number of benzene rings is 1. The number of hydrogen-bond donors (Lipinski definition) is 1. The lowest BCUT2D eigenvalue weighted by molar-refractivity contribution is 0.280. The summed E-state index contributed by atoms with van der Waals surface area (Å²) in [6, 6.07) is 6.54. The monoisotopic (exact) mass is 294 g/mol. The average Bonchev–Trinajstić information content (AvgIpc) is 3.01. The van der Waals surface area contributed by atoms with Crippen LogP contribution in [0.4, 0.5) is 5.69 Å². The molecule has 3 unspecified atom stereocenters. The summed E-state index contributed by atoms with van der Waals surface area (Å²) in [6.07, 6.45) is 5.12. The number of nitrogens with two attached hydrogens (primary N) is 1. The fraction of sp³-hybridized carbons (Fsp3) is 0.600. The lowest BCUT2D eigenvalue weighted by atomic mass is 9.89. The standard InChI is InChI=1S/C15H22N2O2S/c1-17(10-13-8-11-5-6-12(13)7-11)20(18,19)15-4-2-3-14(16)9-15/h2-4,9,11-13H,5-8,10,16H2,1H3. The fourth-order valence-electron chi connectivity index (χ4n) is 3.88. The molecule has 3 atom stereocenters. The van der Waals surface area contributed by atoms with E-state index in [0.29, 0.717) is 23.0 Å². The third-order valence-electron chi connectivity index (χ3n) is 4.94. The number of nitrogen functional groups attached to an aromatic ring is 1. The van der Waals surface area contributed by atoms with Crippen molar-refractivity contribution in [1.82, 2.24) is 4.31 Å². The van der Waals surface area contributed by atoms with Gasteiger partial charge >= 0.3 is 0 Å². The Bertz CT molecular complexity index is 600. The lowest BCUT2D eigenvalue weighted by Gasteiger charge is -2.26. The van der Waals surface area contributed by atoms with Crippen LogP contribution in [0.1, 0.15) is 25.7 Å². The van der Waals surface area contributed by atoms with Gasteiger partial charge in [0, 0.05) is 19.3 Å². The van der Waals surface area contributed by atoms with Gasteiger partial charge < -0.3 is 5.73 Å². The van der Waals surface area contributed by atoms with Crippen LogP contribution >= 0.6 is 0 Å². The van der Waals surface area contributed by atoms with Crippen LogP contribution < -0.4 is 5.73 Å². The maximum absolute atomic E-state index is 12.5. The molecule has 1 aromatic carbocycles. The summed E-state index contributed by atoms with van der Waals surface area (Å²) in [5, 5.41) is 0. The minimum absolute atomic E-state index is 0.295.